The van der Waals surface area contributed by atoms with Gasteiger partial charge < -0.3 is 15.2 Å². The van der Waals surface area contributed by atoms with E-state index in [0.29, 0.717) is 12.6 Å². The number of thiocarbonyl (C=S) groups is 1. The predicted molar refractivity (Wildman–Crippen MR) is 107 cm³/mol. The van der Waals surface area contributed by atoms with Gasteiger partial charge in [0.25, 0.3) is 5.56 Å². The first-order valence-corrected chi connectivity index (χ1v) is 9.84. The van der Waals surface area contributed by atoms with E-state index in [-0.39, 0.29) is 5.56 Å². The van der Waals surface area contributed by atoms with E-state index >= 15 is 0 Å². The van der Waals surface area contributed by atoms with Crippen molar-refractivity contribution in [2.75, 3.05) is 26.2 Å². The normalized spacial score (nSPS) is 16.0. The van der Waals surface area contributed by atoms with Gasteiger partial charge in [-0.2, -0.15) is 0 Å². The quantitative estimate of drug-likeness (QED) is 0.796. The lowest BCUT2D eigenvalue weighted by atomic mass is 10.2. The number of rotatable bonds is 3. The molecule has 0 radical (unpaired) electrons. The molecule has 0 amide bonds. The zero-order valence-electron chi connectivity index (χ0n) is 15.2. The third-order valence-corrected chi connectivity index (χ3v) is 6.01. The minimum absolute atomic E-state index is 0.0252. The third kappa shape index (κ3) is 4.02. The standard InChI is InChI=1S/C17H25N5OS2/c1-10(2)18-17(24)22-7-5-21(6-8-22)9-13-19-15(23)14-11(3)12(4)25-16(14)20-13/h10H,5-9H2,1-4H3,(H,18,24)(H,19,20,23). The van der Waals surface area contributed by atoms with Gasteiger partial charge in [-0.1, -0.05) is 0 Å². The van der Waals surface area contributed by atoms with Crippen molar-refractivity contribution in [2.45, 2.75) is 40.3 Å². The first-order chi connectivity index (χ1) is 11.8. The monoisotopic (exact) mass is 379 g/mol. The van der Waals surface area contributed by atoms with Crippen molar-refractivity contribution < 1.29 is 0 Å². The summed E-state index contributed by atoms with van der Waals surface area (Å²) in [6, 6.07) is 0.351. The van der Waals surface area contributed by atoms with Gasteiger partial charge in [0.05, 0.1) is 11.9 Å². The Bertz CT molecular complexity index is 833. The lowest BCUT2D eigenvalue weighted by Crippen LogP contribution is -2.52. The van der Waals surface area contributed by atoms with E-state index in [0.717, 1.165) is 57.8 Å². The Morgan fingerprint density at radius 2 is 2.00 bits per heavy atom. The van der Waals surface area contributed by atoms with Crippen LogP contribution in [0.4, 0.5) is 0 Å². The molecule has 2 aromatic rings. The highest BCUT2D eigenvalue weighted by atomic mass is 32.1. The summed E-state index contributed by atoms with van der Waals surface area (Å²) in [6.07, 6.45) is 0. The summed E-state index contributed by atoms with van der Waals surface area (Å²) >= 11 is 7.04. The maximum atomic E-state index is 12.4. The van der Waals surface area contributed by atoms with Crippen molar-refractivity contribution in [3.05, 3.63) is 26.6 Å². The molecule has 0 unspecified atom stereocenters. The van der Waals surface area contributed by atoms with Gasteiger partial charge in [-0.25, -0.2) is 4.98 Å². The molecule has 2 aromatic heterocycles. The first-order valence-electron chi connectivity index (χ1n) is 8.62. The van der Waals surface area contributed by atoms with Crippen LogP contribution in [-0.2, 0) is 6.54 Å². The minimum Gasteiger partial charge on any atom is -0.360 e. The largest absolute Gasteiger partial charge is 0.360 e. The predicted octanol–water partition coefficient (Wildman–Crippen LogP) is 2.00. The Morgan fingerprint density at radius 3 is 2.64 bits per heavy atom. The van der Waals surface area contributed by atoms with Gasteiger partial charge in [-0.05, 0) is 45.5 Å². The molecule has 3 heterocycles. The fraction of sp³-hybridized carbons (Fsp3) is 0.588. The lowest BCUT2D eigenvalue weighted by Gasteiger charge is -2.36. The smallest absolute Gasteiger partial charge is 0.259 e. The molecule has 2 N–H and O–H groups in total. The van der Waals surface area contributed by atoms with E-state index < -0.39 is 0 Å². The zero-order chi connectivity index (χ0) is 18.1. The molecular weight excluding hydrogens is 354 g/mol. The van der Waals surface area contributed by atoms with Crippen LogP contribution in [0.25, 0.3) is 10.2 Å². The average molecular weight is 380 g/mol. The molecule has 0 saturated carbocycles. The number of nitrogens with one attached hydrogen (secondary N) is 2. The van der Waals surface area contributed by atoms with Crippen LogP contribution in [0.1, 0.15) is 30.1 Å². The van der Waals surface area contributed by atoms with Crippen molar-refractivity contribution >= 4 is 38.9 Å². The van der Waals surface area contributed by atoms with Crippen LogP contribution in [0.3, 0.4) is 0 Å². The number of nitrogens with zero attached hydrogens (tertiary/aromatic N) is 3. The van der Waals surface area contributed by atoms with Crippen LogP contribution in [-0.4, -0.2) is 57.1 Å². The summed E-state index contributed by atoms with van der Waals surface area (Å²) in [4.78, 5) is 26.5. The van der Waals surface area contributed by atoms with E-state index in [1.807, 2.05) is 13.8 Å². The minimum atomic E-state index is -0.0252. The number of aromatic amines is 1. The molecule has 1 fully saturated rings. The summed E-state index contributed by atoms with van der Waals surface area (Å²) in [5.74, 6) is 0.745. The van der Waals surface area contributed by atoms with Gasteiger partial charge in [0.15, 0.2) is 5.11 Å². The maximum absolute atomic E-state index is 12.4. The number of H-pyrrole nitrogens is 1. The Balaban J connectivity index is 1.65. The van der Waals surface area contributed by atoms with E-state index in [1.54, 1.807) is 11.3 Å². The van der Waals surface area contributed by atoms with E-state index in [9.17, 15) is 4.79 Å². The summed E-state index contributed by atoms with van der Waals surface area (Å²) in [5.41, 5.74) is 1.02. The summed E-state index contributed by atoms with van der Waals surface area (Å²) in [6.45, 7) is 12.5. The topological polar surface area (TPSA) is 64.3 Å². The van der Waals surface area contributed by atoms with Crippen LogP contribution in [0.2, 0.25) is 0 Å². The van der Waals surface area contributed by atoms with Crippen LogP contribution >= 0.6 is 23.6 Å². The number of thiophene rings is 1. The molecule has 8 heteroatoms. The second-order valence-corrected chi connectivity index (χ2v) is 8.43. The Labute approximate surface area is 157 Å². The molecule has 0 aromatic carbocycles. The molecular formula is C17H25N5OS2. The molecule has 25 heavy (non-hydrogen) atoms. The maximum Gasteiger partial charge on any atom is 0.259 e. The molecule has 0 bridgehead atoms. The van der Waals surface area contributed by atoms with Crippen LogP contribution < -0.4 is 10.9 Å². The molecule has 6 nitrogen and oxygen atoms in total. The highest BCUT2D eigenvalue weighted by molar-refractivity contribution is 7.80. The van der Waals surface area contributed by atoms with Gasteiger partial charge >= 0.3 is 0 Å². The second-order valence-electron chi connectivity index (χ2n) is 6.84. The Hall–Kier alpha value is -1.51. The third-order valence-electron chi connectivity index (χ3n) is 4.53. The van der Waals surface area contributed by atoms with Gasteiger partial charge in [0, 0.05) is 37.1 Å². The summed E-state index contributed by atoms with van der Waals surface area (Å²) < 4.78 is 0. The second kappa shape index (κ2) is 7.39. The lowest BCUT2D eigenvalue weighted by molar-refractivity contribution is 0.171. The summed E-state index contributed by atoms with van der Waals surface area (Å²) in [5, 5.41) is 4.86. The molecule has 0 atom stereocenters. The number of fused-ring (bicyclic) bond motifs is 1. The van der Waals surface area contributed by atoms with Crippen molar-refractivity contribution in [1.29, 1.82) is 0 Å². The van der Waals surface area contributed by atoms with E-state index in [1.165, 1.54) is 0 Å². The summed E-state index contributed by atoms with van der Waals surface area (Å²) in [7, 11) is 0. The number of hydrogen-bond donors (Lipinski definition) is 2. The molecule has 1 aliphatic rings. The molecule has 1 aliphatic heterocycles. The number of aromatic nitrogens is 2. The van der Waals surface area contributed by atoms with Gasteiger partial charge in [-0.3, -0.25) is 9.69 Å². The number of aryl methyl sites for hydroxylation is 2. The SMILES string of the molecule is Cc1sc2nc(CN3CCN(C(=S)NC(C)C)CC3)[nH]c(=O)c2c1C. The highest BCUT2D eigenvalue weighted by Gasteiger charge is 2.20. The number of hydrogen-bond acceptors (Lipinski definition) is 5. The number of piperazine rings is 1. The van der Waals surface area contributed by atoms with Crippen molar-refractivity contribution in [3.8, 4) is 0 Å². The molecule has 0 spiro atoms. The fourth-order valence-electron chi connectivity index (χ4n) is 3.03. The molecule has 0 aliphatic carbocycles. The molecule has 1 saturated heterocycles. The van der Waals surface area contributed by atoms with E-state index in [2.05, 4.69) is 38.9 Å². The average Bonchev–Trinajstić information content (AvgIpc) is 2.82. The van der Waals surface area contributed by atoms with Crippen LogP contribution in [0.5, 0.6) is 0 Å². The van der Waals surface area contributed by atoms with Crippen LogP contribution in [0, 0.1) is 13.8 Å². The Kier molecular flexibility index (Phi) is 5.41. The highest BCUT2D eigenvalue weighted by Crippen LogP contribution is 2.25. The zero-order valence-corrected chi connectivity index (χ0v) is 16.8. The molecule has 136 valence electrons. The van der Waals surface area contributed by atoms with Crippen LogP contribution in [0.15, 0.2) is 4.79 Å². The van der Waals surface area contributed by atoms with E-state index in [4.69, 9.17) is 12.2 Å². The van der Waals surface area contributed by atoms with Gasteiger partial charge in [0.1, 0.15) is 10.7 Å². The van der Waals surface area contributed by atoms with Crippen molar-refractivity contribution in [2.24, 2.45) is 0 Å². The first kappa shape index (κ1) is 18.3. The van der Waals surface area contributed by atoms with Crippen molar-refractivity contribution in [3.63, 3.8) is 0 Å². The van der Waals surface area contributed by atoms with Gasteiger partial charge in [-0.15, -0.1) is 11.3 Å². The molecule has 3 rings (SSSR count). The Morgan fingerprint density at radius 1 is 1.32 bits per heavy atom. The van der Waals surface area contributed by atoms with Crippen molar-refractivity contribution in [1.82, 2.24) is 25.1 Å². The van der Waals surface area contributed by atoms with Gasteiger partial charge in [0.2, 0.25) is 0 Å². The fourth-order valence-corrected chi connectivity index (χ4v) is 4.50.